The highest BCUT2D eigenvalue weighted by Crippen LogP contribution is 2.34. The molecule has 6 heteroatoms. The van der Waals surface area contributed by atoms with Gasteiger partial charge in [0.1, 0.15) is 12.4 Å². The summed E-state index contributed by atoms with van der Waals surface area (Å²) in [5.41, 5.74) is -0.691. The van der Waals surface area contributed by atoms with Crippen LogP contribution in [0, 0.1) is 0 Å². The van der Waals surface area contributed by atoms with E-state index in [9.17, 15) is 13.2 Å². The zero-order valence-electron chi connectivity index (χ0n) is 9.27. The molecule has 0 radical (unpaired) electrons. The molecule has 0 aliphatic heterocycles. The lowest BCUT2D eigenvalue weighted by molar-refractivity contribution is -0.137. The highest BCUT2D eigenvalue weighted by Gasteiger charge is 2.30. The number of likely N-dealkylation sites (N-methyl/N-ethyl adjacent to an activating group) is 1. The number of hydrogen-bond acceptors (Lipinski definition) is 2. The van der Waals surface area contributed by atoms with Crippen LogP contribution >= 0.6 is 15.9 Å². The van der Waals surface area contributed by atoms with Crippen LogP contribution in [-0.2, 0) is 6.18 Å². The molecule has 0 saturated carbocycles. The molecule has 0 aromatic heterocycles. The maximum absolute atomic E-state index is 12.4. The largest absolute Gasteiger partial charge is 0.491 e. The molecule has 0 bridgehead atoms. The van der Waals surface area contributed by atoms with Gasteiger partial charge in [0.05, 0.1) is 10.0 Å². The first-order chi connectivity index (χ1) is 7.95. The molecule has 0 fully saturated rings. The first-order valence-electron chi connectivity index (χ1n) is 5.15. The van der Waals surface area contributed by atoms with E-state index in [0.29, 0.717) is 23.4 Å². The van der Waals surface area contributed by atoms with Gasteiger partial charge < -0.3 is 10.1 Å². The lowest BCUT2D eigenvalue weighted by Gasteiger charge is -2.11. The first kappa shape index (κ1) is 14.3. The van der Waals surface area contributed by atoms with Gasteiger partial charge in [0, 0.05) is 6.54 Å². The fourth-order valence-electron chi connectivity index (χ4n) is 1.20. The summed E-state index contributed by atoms with van der Waals surface area (Å²) in [5.74, 6) is 0.413. The Morgan fingerprint density at radius 2 is 2.06 bits per heavy atom. The van der Waals surface area contributed by atoms with Gasteiger partial charge in [0.25, 0.3) is 0 Å². The number of alkyl halides is 3. The Labute approximate surface area is 106 Å². The molecule has 1 N–H and O–H groups in total. The molecule has 17 heavy (non-hydrogen) atoms. The smallest absolute Gasteiger partial charge is 0.416 e. The van der Waals surface area contributed by atoms with Crippen molar-refractivity contribution < 1.29 is 17.9 Å². The zero-order valence-corrected chi connectivity index (χ0v) is 10.9. The van der Waals surface area contributed by atoms with Crippen molar-refractivity contribution in [3.05, 3.63) is 28.2 Å². The van der Waals surface area contributed by atoms with Crippen molar-refractivity contribution in [2.24, 2.45) is 0 Å². The van der Waals surface area contributed by atoms with Crippen LogP contribution in [0.2, 0.25) is 0 Å². The predicted molar refractivity (Wildman–Crippen MR) is 63.2 cm³/mol. The van der Waals surface area contributed by atoms with Crippen LogP contribution in [0.1, 0.15) is 12.5 Å². The van der Waals surface area contributed by atoms with Gasteiger partial charge in [-0.05, 0) is 40.7 Å². The van der Waals surface area contributed by atoms with Gasteiger partial charge in [0.2, 0.25) is 0 Å². The third-order valence-electron chi connectivity index (χ3n) is 2.05. The van der Waals surface area contributed by atoms with E-state index in [2.05, 4.69) is 21.2 Å². The fourth-order valence-corrected chi connectivity index (χ4v) is 1.70. The van der Waals surface area contributed by atoms with Gasteiger partial charge in [-0.25, -0.2) is 0 Å². The van der Waals surface area contributed by atoms with Crippen LogP contribution < -0.4 is 10.1 Å². The minimum absolute atomic E-state index is 0.309. The highest BCUT2D eigenvalue weighted by molar-refractivity contribution is 9.10. The van der Waals surface area contributed by atoms with Crippen LogP contribution in [0.4, 0.5) is 13.2 Å². The standard InChI is InChI=1S/C11H13BrF3NO/c1-2-16-5-6-17-10-4-3-8(7-9(10)12)11(13,14)15/h3-4,7,16H,2,5-6H2,1H3. The molecule has 1 aromatic carbocycles. The summed E-state index contributed by atoms with van der Waals surface area (Å²) in [4.78, 5) is 0. The van der Waals surface area contributed by atoms with E-state index >= 15 is 0 Å². The van der Waals surface area contributed by atoms with Crippen LogP contribution in [0.15, 0.2) is 22.7 Å². The van der Waals surface area contributed by atoms with Gasteiger partial charge in [-0.1, -0.05) is 6.92 Å². The molecule has 0 saturated heterocycles. The van der Waals surface area contributed by atoms with E-state index in [4.69, 9.17) is 4.74 Å². The molecule has 0 atom stereocenters. The van der Waals surface area contributed by atoms with Crippen LogP contribution in [0.5, 0.6) is 5.75 Å². The SMILES string of the molecule is CCNCCOc1ccc(C(F)(F)F)cc1Br. The van der Waals surface area contributed by atoms with Gasteiger partial charge in [-0.2, -0.15) is 13.2 Å². The first-order valence-corrected chi connectivity index (χ1v) is 5.94. The molecule has 96 valence electrons. The van der Waals surface area contributed by atoms with E-state index in [1.807, 2.05) is 6.92 Å². The Hall–Kier alpha value is -0.750. The van der Waals surface area contributed by atoms with Crippen molar-refractivity contribution in [1.82, 2.24) is 5.32 Å². The summed E-state index contributed by atoms with van der Waals surface area (Å²) in [5, 5.41) is 3.05. The summed E-state index contributed by atoms with van der Waals surface area (Å²) < 4.78 is 42.8. The lowest BCUT2D eigenvalue weighted by Crippen LogP contribution is -2.20. The molecule has 1 aromatic rings. The molecule has 0 aliphatic carbocycles. The van der Waals surface area contributed by atoms with E-state index < -0.39 is 11.7 Å². The van der Waals surface area contributed by atoms with E-state index in [-0.39, 0.29) is 0 Å². The molecule has 1 rings (SSSR count). The average Bonchev–Trinajstić information content (AvgIpc) is 2.24. The minimum Gasteiger partial charge on any atom is -0.491 e. The Morgan fingerprint density at radius 3 is 2.59 bits per heavy atom. The van der Waals surface area contributed by atoms with Gasteiger partial charge in [-0.3, -0.25) is 0 Å². The van der Waals surface area contributed by atoms with Crippen LogP contribution in [0.3, 0.4) is 0 Å². The molecule has 0 heterocycles. The van der Waals surface area contributed by atoms with Gasteiger partial charge in [0.15, 0.2) is 0 Å². The number of benzene rings is 1. The number of halogens is 4. The monoisotopic (exact) mass is 311 g/mol. The van der Waals surface area contributed by atoms with Crippen molar-refractivity contribution >= 4 is 15.9 Å². The molecule has 0 aliphatic rings. The third kappa shape index (κ3) is 4.55. The number of hydrogen-bond donors (Lipinski definition) is 1. The lowest BCUT2D eigenvalue weighted by atomic mass is 10.2. The molecular formula is C11H13BrF3NO. The van der Waals surface area contributed by atoms with E-state index in [1.165, 1.54) is 6.07 Å². The van der Waals surface area contributed by atoms with Gasteiger partial charge in [-0.15, -0.1) is 0 Å². The number of nitrogens with one attached hydrogen (secondary N) is 1. The number of rotatable bonds is 5. The van der Waals surface area contributed by atoms with Crippen molar-refractivity contribution in [2.45, 2.75) is 13.1 Å². The summed E-state index contributed by atoms with van der Waals surface area (Å²) >= 11 is 3.06. The second-order valence-electron chi connectivity index (χ2n) is 3.34. The molecule has 0 spiro atoms. The highest BCUT2D eigenvalue weighted by atomic mass is 79.9. The second kappa shape index (κ2) is 6.26. The Morgan fingerprint density at radius 1 is 1.35 bits per heavy atom. The Kier molecular flexibility index (Phi) is 5.27. The molecule has 0 unspecified atom stereocenters. The molecular weight excluding hydrogens is 299 g/mol. The maximum Gasteiger partial charge on any atom is 0.416 e. The van der Waals surface area contributed by atoms with Crippen molar-refractivity contribution in [3.8, 4) is 5.75 Å². The van der Waals surface area contributed by atoms with Crippen LogP contribution in [0.25, 0.3) is 0 Å². The molecule has 2 nitrogen and oxygen atoms in total. The van der Waals surface area contributed by atoms with E-state index in [0.717, 1.165) is 18.7 Å². The fraction of sp³-hybridized carbons (Fsp3) is 0.455. The van der Waals surface area contributed by atoms with E-state index in [1.54, 1.807) is 0 Å². The van der Waals surface area contributed by atoms with Crippen molar-refractivity contribution in [2.75, 3.05) is 19.7 Å². The Bertz CT molecular complexity index is 368. The van der Waals surface area contributed by atoms with Crippen molar-refractivity contribution in [3.63, 3.8) is 0 Å². The number of ether oxygens (including phenoxy) is 1. The summed E-state index contributed by atoms with van der Waals surface area (Å²) in [6.07, 6.45) is -4.33. The summed E-state index contributed by atoms with van der Waals surface area (Å²) in [6.45, 7) is 3.87. The Balaban J connectivity index is 2.64. The minimum atomic E-state index is -4.33. The van der Waals surface area contributed by atoms with Gasteiger partial charge >= 0.3 is 6.18 Å². The molecule has 0 amide bonds. The predicted octanol–water partition coefficient (Wildman–Crippen LogP) is 3.46. The van der Waals surface area contributed by atoms with Crippen LogP contribution in [-0.4, -0.2) is 19.7 Å². The average molecular weight is 312 g/mol. The zero-order chi connectivity index (χ0) is 12.9. The normalized spacial score (nSPS) is 11.6. The topological polar surface area (TPSA) is 21.3 Å². The second-order valence-corrected chi connectivity index (χ2v) is 4.20. The summed E-state index contributed by atoms with van der Waals surface area (Å²) in [6, 6.07) is 3.34. The maximum atomic E-state index is 12.4. The van der Waals surface area contributed by atoms with Crippen molar-refractivity contribution in [1.29, 1.82) is 0 Å². The summed E-state index contributed by atoms with van der Waals surface area (Å²) in [7, 11) is 0. The third-order valence-corrected chi connectivity index (χ3v) is 2.67. The quantitative estimate of drug-likeness (QED) is 0.841.